The highest BCUT2D eigenvalue weighted by Gasteiger charge is 2.20. The van der Waals surface area contributed by atoms with Gasteiger partial charge >= 0.3 is 0 Å². The van der Waals surface area contributed by atoms with Crippen molar-refractivity contribution in [3.05, 3.63) is 52.5 Å². The molecule has 4 rings (SSSR count). The third-order valence-corrected chi connectivity index (χ3v) is 6.69. The van der Waals surface area contributed by atoms with Crippen molar-refractivity contribution in [3.63, 3.8) is 0 Å². The fourth-order valence-corrected chi connectivity index (χ4v) is 4.44. The molecule has 32 heavy (non-hydrogen) atoms. The molecule has 0 spiro atoms. The number of benzene rings is 2. The van der Waals surface area contributed by atoms with Crippen LogP contribution in [0.15, 0.2) is 47.6 Å². The first-order valence-electron chi connectivity index (χ1n) is 10.1. The summed E-state index contributed by atoms with van der Waals surface area (Å²) in [4.78, 5) is 12.4. The minimum Gasteiger partial charge on any atom is -0.497 e. The Kier molecular flexibility index (Phi) is 7.57. The second-order valence-corrected chi connectivity index (χ2v) is 8.95. The van der Waals surface area contributed by atoms with Crippen LogP contribution in [0.4, 0.5) is 0 Å². The normalized spacial score (nSPS) is 15.7. The summed E-state index contributed by atoms with van der Waals surface area (Å²) in [6.45, 7) is 1.28. The summed E-state index contributed by atoms with van der Waals surface area (Å²) in [5.41, 5.74) is 1.59. The van der Waals surface area contributed by atoms with Gasteiger partial charge in [0.1, 0.15) is 5.75 Å². The molecule has 10 heteroatoms. The topological polar surface area (TPSA) is 78.3 Å². The van der Waals surface area contributed by atoms with Gasteiger partial charge in [-0.1, -0.05) is 35.0 Å². The van der Waals surface area contributed by atoms with Crippen LogP contribution in [-0.2, 0) is 9.53 Å². The molecule has 1 saturated heterocycles. The van der Waals surface area contributed by atoms with Crippen molar-refractivity contribution in [2.45, 2.75) is 24.1 Å². The van der Waals surface area contributed by atoms with E-state index in [1.807, 2.05) is 34.9 Å². The van der Waals surface area contributed by atoms with E-state index < -0.39 is 0 Å². The third kappa shape index (κ3) is 5.38. The van der Waals surface area contributed by atoms with Crippen molar-refractivity contribution in [3.8, 4) is 22.8 Å². The number of thioether (sulfide) groups is 1. The molecule has 168 valence electrons. The van der Waals surface area contributed by atoms with Crippen molar-refractivity contribution in [1.82, 2.24) is 20.1 Å². The van der Waals surface area contributed by atoms with E-state index in [1.54, 1.807) is 19.2 Å². The van der Waals surface area contributed by atoms with Crippen LogP contribution >= 0.6 is 35.0 Å². The SMILES string of the molecule is COc1ccc(-c2nnc(SCC(=O)NC[C@H]3CCCO3)n2-c2ccc(Cl)c(Cl)c2)cc1. The van der Waals surface area contributed by atoms with Gasteiger partial charge in [-0.2, -0.15) is 0 Å². The van der Waals surface area contributed by atoms with Crippen molar-refractivity contribution >= 4 is 40.9 Å². The number of halogens is 2. The summed E-state index contributed by atoms with van der Waals surface area (Å²) in [6, 6.07) is 12.8. The zero-order valence-electron chi connectivity index (χ0n) is 17.4. The lowest BCUT2D eigenvalue weighted by atomic mass is 10.2. The van der Waals surface area contributed by atoms with Crippen LogP contribution < -0.4 is 10.1 Å². The molecule has 1 fully saturated rings. The number of hydrogen-bond donors (Lipinski definition) is 1. The maximum atomic E-state index is 12.4. The lowest BCUT2D eigenvalue weighted by Gasteiger charge is -2.12. The molecular formula is C22H22Cl2N4O3S. The predicted octanol–water partition coefficient (Wildman–Crippen LogP) is 4.64. The Morgan fingerprint density at radius 3 is 2.72 bits per heavy atom. The molecule has 1 aromatic heterocycles. The maximum Gasteiger partial charge on any atom is 0.230 e. The van der Waals surface area contributed by atoms with Gasteiger partial charge in [0.2, 0.25) is 5.91 Å². The monoisotopic (exact) mass is 492 g/mol. The summed E-state index contributed by atoms with van der Waals surface area (Å²) >= 11 is 13.7. The molecular weight excluding hydrogens is 471 g/mol. The summed E-state index contributed by atoms with van der Waals surface area (Å²) in [5.74, 6) is 1.48. The molecule has 0 radical (unpaired) electrons. The molecule has 0 unspecified atom stereocenters. The summed E-state index contributed by atoms with van der Waals surface area (Å²) in [6.07, 6.45) is 2.12. The van der Waals surface area contributed by atoms with Gasteiger partial charge in [-0.05, 0) is 55.3 Å². The molecule has 2 aromatic carbocycles. The number of carbonyl (C=O) groups is 1. The van der Waals surface area contributed by atoms with Gasteiger partial charge in [0.15, 0.2) is 11.0 Å². The van der Waals surface area contributed by atoms with Crippen molar-refractivity contribution in [2.75, 3.05) is 26.0 Å². The highest BCUT2D eigenvalue weighted by atomic mass is 35.5. The Labute approximate surface area is 200 Å². The lowest BCUT2D eigenvalue weighted by Crippen LogP contribution is -2.32. The van der Waals surface area contributed by atoms with Crippen LogP contribution in [-0.4, -0.2) is 52.8 Å². The third-order valence-electron chi connectivity index (χ3n) is 5.03. The highest BCUT2D eigenvalue weighted by molar-refractivity contribution is 7.99. The Morgan fingerprint density at radius 1 is 1.22 bits per heavy atom. The van der Waals surface area contributed by atoms with Gasteiger partial charge in [0.05, 0.1) is 34.7 Å². The minimum absolute atomic E-state index is 0.0832. The Balaban J connectivity index is 1.57. The average Bonchev–Trinajstić information content (AvgIpc) is 3.48. The fraction of sp³-hybridized carbons (Fsp3) is 0.318. The number of ether oxygens (including phenoxy) is 2. The molecule has 0 saturated carbocycles. The van der Waals surface area contributed by atoms with E-state index in [-0.39, 0.29) is 17.8 Å². The lowest BCUT2D eigenvalue weighted by molar-refractivity contribution is -0.119. The maximum absolute atomic E-state index is 12.4. The van der Waals surface area contributed by atoms with Gasteiger partial charge in [0.25, 0.3) is 0 Å². The zero-order valence-corrected chi connectivity index (χ0v) is 19.7. The summed E-state index contributed by atoms with van der Waals surface area (Å²) < 4.78 is 12.7. The van der Waals surface area contributed by atoms with Crippen LogP contribution in [0.3, 0.4) is 0 Å². The molecule has 1 amide bonds. The quantitative estimate of drug-likeness (QED) is 0.461. The van der Waals surface area contributed by atoms with E-state index in [0.29, 0.717) is 27.6 Å². The van der Waals surface area contributed by atoms with Crippen LogP contribution in [0.1, 0.15) is 12.8 Å². The number of nitrogens with zero attached hydrogens (tertiary/aromatic N) is 3. The zero-order chi connectivity index (χ0) is 22.5. The largest absolute Gasteiger partial charge is 0.497 e. The van der Waals surface area contributed by atoms with E-state index in [0.717, 1.165) is 36.4 Å². The van der Waals surface area contributed by atoms with Crippen LogP contribution in [0.2, 0.25) is 10.0 Å². The van der Waals surface area contributed by atoms with Crippen molar-refractivity contribution in [2.24, 2.45) is 0 Å². The Hall–Kier alpha value is -2.26. The number of rotatable bonds is 8. The first-order chi connectivity index (χ1) is 15.5. The highest BCUT2D eigenvalue weighted by Crippen LogP contribution is 2.32. The summed E-state index contributed by atoms with van der Waals surface area (Å²) in [7, 11) is 1.62. The van der Waals surface area contributed by atoms with Crippen LogP contribution in [0.5, 0.6) is 5.75 Å². The Morgan fingerprint density at radius 2 is 2.03 bits per heavy atom. The predicted molar refractivity (Wildman–Crippen MR) is 126 cm³/mol. The van der Waals surface area contributed by atoms with Gasteiger partial charge in [-0.3, -0.25) is 9.36 Å². The summed E-state index contributed by atoms with van der Waals surface area (Å²) in [5, 5.41) is 13.1. The molecule has 1 atom stereocenters. The van der Waals surface area contributed by atoms with Gasteiger partial charge < -0.3 is 14.8 Å². The average molecular weight is 493 g/mol. The molecule has 1 N–H and O–H groups in total. The molecule has 2 heterocycles. The van der Waals surface area contributed by atoms with E-state index in [9.17, 15) is 4.79 Å². The molecule has 1 aliphatic rings. The Bertz CT molecular complexity index is 1090. The van der Waals surface area contributed by atoms with E-state index >= 15 is 0 Å². The van der Waals surface area contributed by atoms with Gasteiger partial charge in [0, 0.05) is 18.7 Å². The van der Waals surface area contributed by atoms with E-state index in [2.05, 4.69) is 15.5 Å². The molecule has 1 aliphatic heterocycles. The molecule has 7 nitrogen and oxygen atoms in total. The number of hydrogen-bond acceptors (Lipinski definition) is 6. The number of aromatic nitrogens is 3. The molecule has 0 aliphatic carbocycles. The number of carbonyl (C=O) groups excluding carboxylic acids is 1. The van der Waals surface area contributed by atoms with Crippen LogP contribution in [0, 0.1) is 0 Å². The fourth-order valence-electron chi connectivity index (χ4n) is 3.36. The number of nitrogens with one attached hydrogen (secondary N) is 1. The number of methoxy groups -OCH3 is 1. The van der Waals surface area contributed by atoms with E-state index in [4.69, 9.17) is 32.7 Å². The van der Waals surface area contributed by atoms with Crippen molar-refractivity contribution < 1.29 is 14.3 Å². The first kappa shape index (κ1) is 22.9. The van der Waals surface area contributed by atoms with Gasteiger partial charge in [-0.25, -0.2) is 0 Å². The smallest absolute Gasteiger partial charge is 0.230 e. The molecule has 3 aromatic rings. The first-order valence-corrected chi connectivity index (χ1v) is 11.9. The number of amides is 1. The second kappa shape index (κ2) is 10.6. The molecule has 0 bridgehead atoms. The minimum atomic E-state index is -0.0832. The second-order valence-electron chi connectivity index (χ2n) is 7.20. The van der Waals surface area contributed by atoms with Gasteiger partial charge in [-0.15, -0.1) is 10.2 Å². The standard InChI is InChI=1S/C22H22Cl2N4O3S/c1-30-16-7-4-14(5-8-16)21-26-27-22(28(21)15-6-9-18(23)19(24)11-15)32-13-20(29)25-12-17-3-2-10-31-17/h4-9,11,17H,2-3,10,12-13H2,1H3,(H,25,29)/t17-/m1/s1. The van der Waals surface area contributed by atoms with Crippen molar-refractivity contribution in [1.29, 1.82) is 0 Å². The van der Waals surface area contributed by atoms with E-state index in [1.165, 1.54) is 11.8 Å². The van der Waals surface area contributed by atoms with Crippen LogP contribution in [0.25, 0.3) is 17.1 Å².